The molecule has 1 aliphatic heterocycles. The summed E-state index contributed by atoms with van der Waals surface area (Å²) in [7, 11) is 0. The number of likely N-dealkylation sites (tertiary alicyclic amines) is 1. The minimum Gasteiger partial charge on any atom is -0.343 e. The maximum absolute atomic E-state index is 11.4. The predicted molar refractivity (Wildman–Crippen MR) is 85.2 cm³/mol. The van der Waals surface area contributed by atoms with Crippen molar-refractivity contribution < 1.29 is 4.79 Å². The third-order valence-electron chi connectivity index (χ3n) is 4.38. The number of aromatic amines is 1. The Morgan fingerprint density at radius 1 is 1.32 bits per heavy atom. The largest absolute Gasteiger partial charge is 0.343 e. The van der Waals surface area contributed by atoms with Crippen molar-refractivity contribution in [2.75, 3.05) is 13.1 Å². The lowest BCUT2D eigenvalue weighted by atomic mass is 9.90. The van der Waals surface area contributed by atoms with Gasteiger partial charge in [-0.1, -0.05) is 0 Å². The van der Waals surface area contributed by atoms with E-state index in [1.54, 1.807) is 6.92 Å². The number of aromatic nitrogens is 3. The number of piperidine rings is 1. The zero-order valence-electron chi connectivity index (χ0n) is 13.2. The Balaban J connectivity index is 1.65. The molecular formula is C17H22N4O. The zero-order valence-corrected chi connectivity index (χ0v) is 13.2. The second-order valence-corrected chi connectivity index (χ2v) is 6.14. The number of nitrogens with zero attached hydrogens (tertiary/aromatic N) is 3. The van der Waals surface area contributed by atoms with Gasteiger partial charge in [-0.2, -0.15) is 5.10 Å². The van der Waals surface area contributed by atoms with E-state index >= 15 is 0 Å². The Labute approximate surface area is 130 Å². The van der Waals surface area contributed by atoms with Gasteiger partial charge in [0.05, 0.1) is 5.69 Å². The van der Waals surface area contributed by atoms with Gasteiger partial charge in [0.15, 0.2) is 0 Å². The first-order valence-corrected chi connectivity index (χ1v) is 7.84. The van der Waals surface area contributed by atoms with E-state index in [0.29, 0.717) is 5.92 Å². The fourth-order valence-corrected chi connectivity index (χ4v) is 3.08. The summed E-state index contributed by atoms with van der Waals surface area (Å²) in [5.74, 6) is 0.838. The van der Waals surface area contributed by atoms with Crippen LogP contribution >= 0.6 is 0 Å². The highest BCUT2D eigenvalue weighted by atomic mass is 16.2. The number of rotatable bonds is 3. The molecule has 116 valence electrons. The van der Waals surface area contributed by atoms with Gasteiger partial charge in [0.2, 0.25) is 5.91 Å². The molecule has 0 spiro atoms. The topological polar surface area (TPSA) is 61.9 Å². The average molecular weight is 298 g/mol. The third-order valence-corrected chi connectivity index (χ3v) is 4.38. The first-order chi connectivity index (χ1) is 10.6. The fraction of sp³-hybridized carbons (Fsp3) is 0.471. The number of amides is 1. The molecule has 22 heavy (non-hydrogen) atoms. The van der Waals surface area contributed by atoms with Crippen LogP contribution in [0.15, 0.2) is 24.4 Å². The number of carbonyl (C=O) groups excluding carboxylic acids is 1. The highest BCUT2D eigenvalue weighted by molar-refractivity contribution is 5.73. The van der Waals surface area contributed by atoms with E-state index in [9.17, 15) is 4.79 Å². The molecule has 2 aromatic heterocycles. The van der Waals surface area contributed by atoms with Crippen molar-refractivity contribution in [2.24, 2.45) is 5.92 Å². The normalized spacial score (nSPS) is 16.0. The van der Waals surface area contributed by atoms with Crippen molar-refractivity contribution in [1.29, 1.82) is 0 Å². The molecule has 3 rings (SSSR count). The molecule has 2 aromatic rings. The Morgan fingerprint density at radius 2 is 2.09 bits per heavy atom. The first kappa shape index (κ1) is 14.8. The van der Waals surface area contributed by atoms with E-state index in [4.69, 9.17) is 0 Å². The number of aryl methyl sites for hydroxylation is 1. The summed E-state index contributed by atoms with van der Waals surface area (Å²) in [6.07, 6.45) is 5.07. The van der Waals surface area contributed by atoms with Crippen LogP contribution < -0.4 is 0 Å². The van der Waals surface area contributed by atoms with Crippen molar-refractivity contribution in [2.45, 2.75) is 33.1 Å². The Morgan fingerprint density at radius 3 is 2.73 bits per heavy atom. The van der Waals surface area contributed by atoms with Gasteiger partial charge in [-0.25, -0.2) is 0 Å². The molecule has 1 fully saturated rings. The minimum atomic E-state index is 0.193. The van der Waals surface area contributed by atoms with E-state index in [2.05, 4.69) is 27.3 Å². The van der Waals surface area contributed by atoms with Crippen molar-refractivity contribution in [1.82, 2.24) is 20.1 Å². The summed E-state index contributed by atoms with van der Waals surface area (Å²) in [6, 6.07) is 6.23. The van der Waals surface area contributed by atoms with Crippen LogP contribution in [0.3, 0.4) is 0 Å². The number of pyridine rings is 1. The molecule has 0 bridgehead atoms. The smallest absolute Gasteiger partial charge is 0.219 e. The second kappa shape index (κ2) is 6.30. The summed E-state index contributed by atoms with van der Waals surface area (Å²) in [5.41, 5.74) is 4.15. The highest BCUT2D eigenvalue weighted by Crippen LogP contribution is 2.23. The lowest BCUT2D eigenvalue weighted by Gasteiger charge is -2.31. The van der Waals surface area contributed by atoms with Crippen LogP contribution in [-0.2, 0) is 11.2 Å². The van der Waals surface area contributed by atoms with E-state index in [-0.39, 0.29) is 5.91 Å². The molecule has 0 atom stereocenters. The molecule has 0 aromatic carbocycles. The molecular weight excluding hydrogens is 276 g/mol. The quantitative estimate of drug-likeness (QED) is 0.947. The number of hydrogen-bond acceptors (Lipinski definition) is 3. The van der Waals surface area contributed by atoms with Gasteiger partial charge in [-0.15, -0.1) is 0 Å². The van der Waals surface area contributed by atoms with Crippen LogP contribution in [0.5, 0.6) is 0 Å². The summed E-state index contributed by atoms with van der Waals surface area (Å²) in [5, 5.41) is 7.23. The molecule has 5 nitrogen and oxygen atoms in total. The Kier molecular flexibility index (Phi) is 4.22. The summed E-state index contributed by atoms with van der Waals surface area (Å²) in [6.45, 7) is 5.41. The molecule has 1 amide bonds. The highest BCUT2D eigenvalue weighted by Gasteiger charge is 2.21. The van der Waals surface area contributed by atoms with Gasteiger partial charge in [-0.3, -0.25) is 14.9 Å². The maximum atomic E-state index is 11.4. The van der Waals surface area contributed by atoms with Crippen LogP contribution in [0.1, 0.15) is 31.0 Å². The Bertz CT molecular complexity index is 656. The van der Waals surface area contributed by atoms with Crippen molar-refractivity contribution in [3.05, 3.63) is 35.7 Å². The van der Waals surface area contributed by atoms with Crippen LogP contribution in [0.25, 0.3) is 11.4 Å². The monoisotopic (exact) mass is 298 g/mol. The fourth-order valence-electron chi connectivity index (χ4n) is 3.08. The van der Waals surface area contributed by atoms with E-state index in [0.717, 1.165) is 49.4 Å². The standard InChI is InChI=1S/C17H22N4O/c1-12-9-17(20-19-12)16-11-15(3-6-18-16)10-14-4-7-21(8-5-14)13(2)22/h3,6,9,11,14H,4-5,7-8,10H2,1-2H3,(H,19,20). The molecule has 5 heteroatoms. The number of nitrogens with one attached hydrogen (secondary N) is 1. The van der Waals surface area contributed by atoms with Gasteiger partial charge in [0, 0.05) is 31.9 Å². The average Bonchev–Trinajstić information content (AvgIpc) is 2.95. The van der Waals surface area contributed by atoms with Gasteiger partial charge < -0.3 is 4.90 Å². The number of hydrogen-bond donors (Lipinski definition) is 1. The maximum Gasteiger partial charge on any atom is 0.219 e. The van der Waals surface area contributed by atoms with Crippen LogP contribution in [0.4, 0.5) is 0 Å². The zero-order chi connectivity index (χ0) is 15.5. The molecule has 0 radical (unpaired) electrons. The lowest BCUT2D eigenvalue weighted by molar-refractivity contribution is -0.130. The molecule has 3 heterocycles. The minimum absolute atomic E-state index is 0.193. The van der Waals surface area contributed by atoms with Gasteiger partial charge >= 0.3 is 0 Å². The first-order valence-electron chi connectivity index (χ1n) is 7.84. The summed E-state index contributed by atoms with van der Waals surface area (Å²) in [4.78, 5) is 17.7. The Hall–Kier alpha value is -2.17. The number of H-pyrrole nitrogens is 1. The SMILES string of the molecule is CC(=O)N1CCC(Cc2ccnc(-c3cc(C)[nH]n3)c2)CC1. The van der Waals surface area contributed by atoms with E-state index in [1.807, 2.05) is 24.1 Å². The van der Waals surface area contributed by atoms with Gasteiger partial charge in [0.25, 0.3) is 0 Å². The van der Waals surface area contributed by atoms with Crippen LogP contribution in [-0.4, -0.2) is 39.1 Å². The van der Waals surface area contributed by atoms with Crippen LogP contribution in [0, 0.1) is 12.8 Å². The van der Waals surface area contributed by atoms with Crippen molar-refractivity contribution >= 4 is 5.91 Å². The van der Waals surface area contributed by atoms with Gasteiger partial charge in [0.1, 0.15) is 5.69 Å². The molecule has 1 N–H and O–H groups in total. The summed E-state index contributed by atoms with van der Waals surface area (Å²) >= 11 is 0. The van der Waals surface area contributed by atoms with E-state index in [1.165, 1.54) is 5.56 Å². The second-order valence-electron chi connectivity index (χ2n) is 6.14. The van der Waals surface area contributed by atoms with Crippen molar-refractivity contribution in [3.63, 3.8) is 0 Å². The van der Waals surface area contributed by atoms with Crippen molar-refractivity contribution in [3.8, 4) is 11.4 Å². The third kappa shape index (κ3) is 3.35. The van der Waals surface area contributed by atoms with Gasteiger partial charge in [-0.05, 0) is 55.9 Å². The van der Waals surface area contributed by atoms with E-state index < -0.39 is 0 Å². The number of carbonyl (C=O) groups is 1. The molecule has 1 saturated heterocycles. The summed E-state index contributed by atoms with van der Waals surface area (Å²) < 4.78 is 0. The molecule has 0 saturated carbocycles. The lowest BCUT2D eigenvalue weighted by Crippen LogP contribution is -2.37. The molecule has 1 aliphatic rings. The molecule has 0 aliphatic carbocycles. The van der Waals surface area contributed by atoms with Crippen LogP contribution in [0.2, 0.25) is 0 Å². The molecule has 0 unspecified atom stereocenters. The predicted octanol–water partition coefficient (Wildman–Crippen LogP) is 2.58.